The van der Waals surface area contributed by atoms with E-state index in [0.717, 1.165) is 0 Å². The zero-order valence-corrected chi connectivity index (χ0v) is 26.9. The Bertz CT molecular complexity index is 417. The predicted octanol–water partition coefficient (Wildman–Crippen LogP) is 6.26. The van der Waals surface area contributed by atoms with Crippen molar-refractivity contribution < 1.29 is 0 Å². The molecule has 1 aliphatic heterocycles. The van der Waals surface area contributed by atoms with Gasteiger partial charge in [0.15, 0.2) is 0 Å². The summed E-state index contributed by atoms with van der Waals surface area (Å²) in [6, 6.07) is 5.84. The fourth-order valence-corrected chi connectivity index (χ4v) is 9.45. The van der Waals surface area contributed by atoms with Crippen LogP contribution in [0, 0.1) is 0 Å². The van der Waals surface area contributed by atoms with Gasteiger partial charge in [-0.05, 0) is 102 Å². The Morgan fingerprint density at radius 2 is 0.588 bits per heavy atom. The zero-order chi connectivity index (χ0) is 25.5. The second kappa shape index (κ2) is 17.7. The summed E-state index contributed by atoms with van der Waals surface area (Å²) in [5.41, 5.74) is 0. The Kier molecular flexibility index (Phi) is 16.8. The van der Waals surface area contributed by atoms with Crippen LogP contribution in [0.1, 0.15) is 53.4 Å². The van der Waals surface area contributed by atoms with E-state index in [2.05, 4.69) is 73.5 Å². The maximum absolute atomic E-state index is 2.80. The van der Waals surface area contributed by atoms with Crippen LogP contribution in [0.25, 0.3) is 0 Å². The highest BCUT2D eigenvalue weighted by atomic mass is 28.3. The van der Waals surface area contributed by atoms with Crippen LogP contribution in [0.15, 0.2) is 0 Å². The van der Waals surface area contributed by atoms with Crippen molar-refractivity contribution in [3.05, 3.63) is 0 Å². The first-order valence-electron chi connectivity index (χ1n) is 15.0. The predicted molar refractivity (Wildman–Crippen MR) is 161 cm³/mol. The Hall–Kier alpha value is 0.274. The van der Waals surface area contributed by atoms with Gasteiger partial charge in [-0.25, -0.2) is 0 Å². The van der Waals surface area contributed by atoms with Gasteiger partial charge in [-0.1, -0.05) is 53.9 Å². The number of rotatable bonds is 8. The van der Waals surface area contributed by atoms with Gasteiger partial charge in [0, 0.05) is 42.3 Å². The third-order valence-electron chi connectivity index (χ3n) is 8.04. The van der Waals surface area contributed by atoms with Crippen molar-refractivity contribution in [2.45, 2.75) is 104 Å². The summed E-state index contributed by atoms with van der Waals surface area (Å²) < 4.78 is 0. The minimum absolute atomic E-state index is 1.17. The summed E-state index contributed by atoms with van der Waals surface area (Å²) in [7, 11) is -2.33. The van der Waals surface area contributed by atoms with Gasteiger partial charge in [0.1, 0.15) is 0 Å². The van der Waals surface area contributed by atoms with E-state index in [0.29, 0.717) is 0 Å². The number of nitrogens with zero attached hydrogens (tertiary/aromatic N) is 4. The molecule has 0 saturated carbocycles. The lowest BCUT2D eigenvalue weighted by Gasteiger charge is -2.35. The average Bonchev–Trinajstić information content (AvgIpc) is 2.78. The van der Waals surface area contributed by atoms with Gasteiger partial charge < -0.3 is 19.6 Å². The number of hydrogen-bond donors (Lipinski definition) is 0. The molecule has 1 fully saturated rings. The first kappa shape index (κ1) is 32.3. The van der Waals surface area contributed by atoms with Crippen molar-refractivity contribution in [3.8, 4) is 0 Å². The van der Waals surface area contributed by atoms with Crippen LogP contribution < -0.4 is 0 Å². The monoisotopic (exact) mass is 512 g/mol. The molecule has 0 bridgehead atoms. The van der Waals surface area contributed by atoms with Crippen LogP contribution in [0.4, 0.5) is 0 Å². The Morgan fingerprint density at radius 3 is 0.765 bits per heavy atom. The van der Waals surface area contributed by atoms with E-state index < -0.39 is 16.1 Å². The second-order valence-corrected chi connectivity index (χ2v) is 23.4. The van der Waals surface area contributed by atoms with E-state index in [1.165, 1.54) is 128 Å². The van der Waals surface area contributed by atoms with Crippen molar-refractivity contribution >= 4 is 16.1 Å². The SMILES string of the molecule is CCCN1CCN(CCC)CC[Si](C)(C)CCN(CCC)CCN(CCC)CC[Si](C)(C)CC1. The molecule has 0 spiro atoms. The largest absolute Gasteiger partial charge is 0.302 e. The van der Waals surface area contributed by atoms with Gasteiger partial charge in [0.25, 0.3) is 0 Å². The lowest BCUT2D eigenvalue weighted by Crippen LogP contribution is -2.44. The summed E-state index contributed by atoms with van der Waals surface area (Å²) >= 11 is 0. The van der Waals surface area contributed by atoms with E-state index in [9.17, 15) is 0 Å². The van der Waals surface area contributed by atoms with E-state index >= 15 is 0 Å². The van der Waals surface area contributed by atoms with E-state index in [1.54, 1.807) is 0 Å². The molecule has 0 N–H and O–H groups in total. The molecule has 0 aromatic rings. The lowest BCUT2D eigenvalue weighted by molar-refractivity contribution is 0.209. The van der Waals surface area contributed by atoms with Crippen molar-refractivity contribution in [1.82, 2.24) is 19.6 Å². The molecule has 0 aromatic heterocycles. The highest BCUT2D eigenvalue weighted by Crippen LogP contribution is 2.19. The highest BCUT2D eigenvalue weighted by Gasteiger charge is 2.25. The maximum atomic E-state index is 2.80. The van der Waals surface area contributed by atoms with Crippen molar-refractivity contribution in [3.63, 3.8) is 0 Å². The minimum Gasteiger partial charge on any atom is -0.302 e. The first-order valence-corrected chi connectivity index (χ1v) is 21.9. The Morgan fingerprint density at radius 1 is 0.382 bits per heavy atom. The molecular formula is C28H64N4Si2. The fraction of sp³-hybridized carbons (Fsp3) is 1.00. The molecule has 0 amide bonds. The third-order valence-corrected chi connectivity index (χ3v) is 14.4. The lowest BCUT2D eigenvalue weighted by atomic mass is 10.3. The summed E-state index contributed by atoms with van der Waals surface area (Å²) in [4.78, 5) is 11.2. The van der Waals surface area contributed by atoms with Crippen LogP contribution in [-0.4, -0.2) is 114 Å². The minimum atomic E-state index is -1.17. The van der Waals surface area contributed by atoms with Crippen LogP contribution in [0.2, 0.25) is 50.4 Å². The molecule has 0 aromatic carbocycles. The molecule has 0 aliphatic carbocycles. The third kappa shape index (κ3) is 14.7. The maximum Gasteiger partial charge on any atom is 0.0498 e. The van der Waals surface area contributed by atoms with Crippen molar-refractivity contribution in [2.24, 2.45) is 0 Å². The highest BCUT2D eigenvalue weighted by molar-refractivity contribution is 6.77. The molecule has 204 valence electrons. The van der Waals surface area contributed by atoms with E-state index in [4.69, 9.17) is 0 Å². The molecule has 34 heavy (non-hydrogen) atoms. The quantitative estimate of drug-likeness (QED) is 0.356. The molecular weight excluding hydrogens is 449 g/mol. The average molecular weight is 513 g/mol. The van der Waals surface area contributed by atoms with Crippen LogP contribution in [0.5, 0.6) is 0 Å². The summed E-state index contributed by atoms with van der Waals surface area (Å²) in [5.74, 6) is 0. The van der Waals surface area contributed by atoms with Gasteiger partial charge in [0.05, 0.1) is 0 Å². The second-order valence-electron chi connectivity index (χ2n) is 12.7. The molecule has 0 atom stereocenters. The van der Waals surface area contributed by atoms with E-state index in [-0.39, 0.29) is 0 Å². The van der Waals surface area contributed by atoms with Gasteiger partial charge in [-0.2, -0.15) is 0 Å². The molecule has 4 nitrogen and oxygen atoms in total. The van der Waals surface area contributed by atoms with E-state index in [1.807, 2.05) is 0 Å². The van der Waals surface area contributed by atoms with Gasteiger partial charge >= 0.3 is 0 Å². The Labute approximate surface area is 217 Å². The number of hydrogen-bond acceptors (Lipinski definition) is 4. The smallest absolute Gasteiger partial charge is 0.0498 e. The molecule has 0 unspecified atom stereocenters. The Balaban J connectivity index is 2.96. The van der Waals surface area contributed by atoms with Crippen LogP contribution in [-0.2, 0) is 0 Å². The summed E-state index contributed by atoms with van der Waals surface area (Å²) in [6.07, 6.45) is 5.14. The normalized spacial score (nSPS) is 24.0. The van der Waals surface area contributed by atoms with Crippen molar-refractivity contribution in [2.75, 3.05) is 78.5 Å². The van der Waals surface area contributed by atoms with Gasteiger partial charge in [0.2, 0.25) is 0 Å². The van der Waals surface area contributed by atoms with Gasteiger partial charge in [-0.15, -0.1) is 0 Å². The molecule has 0 radical (unpaired) electrons. The van der Waals surface area contributed by atoms with Crippen molar-refractivity contribution in [1.29, 1.82) is 0 Å². The molecule has 1 heterocycles. The molecule has 6 heteroatoms. The molecule has 1 saturated heterocycles. The topological polar surface area (TPSA) is 13.0 Å². The van der Waals surface area contributed by atoms with Gasteiger partial charge in [-0.3, -0.25) is 0 Å². The molecule has 1 aliphatic rings. The van der Waals surface area contributed by atoms with Crippen LogP contribution >= 0.6 is 0 Å². The zero-order valence-electron chi connectivity index (χ0n) is 24.9. The summed E-state index contributed by atoms with van der Waals surface area (Å²) in [5, 5.41) is 0. The standard InChI is InChI=1S/C28H64N4Si2/c1-9-13-29-17-18-30(14-10-2)22-27-34(7,8)28-24-32(16-12-4)20-19-31(15-11-3)23-26-33(5,6)25-21-29/h9-28H2,1-8H3. The fourth-order valence-electron chi connectivity index (χ4n) is 5.27. The molecule has 1 rings (SSSR count). The van der Waals surface area contributed by atoms with Crippen LogP contribution in [0.3, 0.4) is 0 Å². The first-order chi connectivity index (χ1) is 16.1. The summed E-state index contributed by atoms with van der Waals surface area (Å²) in [6.45, 7) is 35.5.